The molecular weight excluding hydrogens is 384 g/mol. The maximum atomic E-state index is 9.38. The van der Waals surface area contributed by atoms with Crippen molar-refractivity contribution in [1.29, 1.82) is 0 Å². The maximum Gasteiger partial charge on any atom is 0.228 e. The zero-order valence-corrected chi connectivity index (χ0v) is 14.3. The van der Waals surface area contributed by atoms with Crippen LogP contribution in [0.3, 0.4) is 0 Å². The molecule has 3 N–H and O–H groups in total. The van der Waals surface area contributed by atoms with E-state index in [1.165, 1.54) is 0 Å². The average molecular weight is 398 g/mol. The summed E-state index contributed by atoms with van der Waals surface area (Å²) in [6.07, 6.45) is -0.806. The molecule has 2 aromatic carbocycles. The van der Waals surface area contributed by atoms with Crippen LogP contribution in [0.25, 0.3) is 22.6 Å². The van der Waals surface area contributed by atoms with E-state index in [4.69, 9.17) is 21.1 Å². The first kappa shape index (κ1) is 16.3. The Labute approximate surface area is 146 Å². The number of anilines is 1. The number of nitrogens with zero attached hydrogens (tertiary/aromatic N) is 1. The normalized spacial score (nSPS) is 12.5. The van der Waals surface area contributed by atoms with Crippen LogP contribution < -0.4 is 5.32 Å². The summed E-state index contributed by atoms with van der Waals surface area (Å²) in [4.78, 5) is 4.47. The number of aromatic nitrogens is 1. The third kappa shape index (κ3) is 3.67. The highest BCUT2D eigenvalue weighted by Gasteiger charge is 2.13. The number of oxazole rings is 1. The van der Waals surface area contributed by atoms with E-state index < -0.39 is 6.10 Å². The lowest BCUT2D eigenvalue weighted by Gasteiger charge is -2.09. The molecule has 7 heteroatoms. The first-order valence-corrected chi connectivity index (χ1v) is 8.12. The predicted molar refractivity (Wildman–Crippen MR) is 93.7 cm³/mol. The number of rotatable bonds is 5. The number of hydrogen-bond acceptors (Lipinski definition) is 5. The molecule has 0 saturated heterocycles. The molecule has 0 amide bonds. The Kier molecular flexibility index (Phi) is 4.87. The third-order valence-electron chi connectivity index (χ3n) is 3.30. The minimum atomic E-state index is -0.806. The monoisotopic (exact) mass is 396 g/mol. The van der Waals surface area contributed by atoms with Gasteiger partial charge < -0.3 is 19.9 Å². The van der Waals surface area contributed by atoms with Gasteiger partial charge in [-0.3, -0.25) is 0 Å². The van der Waals surface area contributed by atoms with Gasteiger partial charge in [0.2, 0.25) is 5.89 Å². The number of aliphatic hydroxyl groups is 2. The molecule has 5 nitrogen and oxygen atoms in total. The topological polar surface area (TPSA) is 78.5 Å². The molecule has 0 saturated carbocycles. The van der Waals surface area contributed by atoms with Crippen LogP contribution in [0.15, 0.2) is 45.3 Å². The second-order valence-electron chi connectivity index (χ2n) is 5.04. The van der Waals surface area contributed by atoms with E-state index in [9.17, 15) is 5.11 Å². The highest BCUT2D eigenvalue weighted by atomic mass is 79.9. The predicted octanol–water partition coefficient (Wildman–Crippen LogP) is 3.68. The molecule has 0 radical (unpaired) electrons. The Bertz CT molecular complexity index is 837. The highest BCUT2D eigenvalue weighted by Crippen LogP contribution is 2.32. The number of hydrogen-bond donors (Lipinski definition) is 3. The highest BCUT2D eigenvalue weighted by molar-refractivity contribution is 9.10. The van der Waals surface area contributed by atoms with E-state index in [-0.39, 0.29) is 13.2 Å². The van der Waals surface area contributed by atoms with Crippen molar-refractivity contribution in [2.75, 3.05) is 18.5 Å². The zero-order valence-electron chi connectivity index (χ0n) is 12.0. The summed E-state index contributed by atoms with van der Waals surface area (Å²) in [5.74, 6) is 0.443. The zero-order chi connectivity index (χ0) is 16.4. The van der Waals surface area contributed by atoms with Gasteiger partial charge in [0.05, 0.1) is 23.3 Å². The first-order valence-electron chi connectivity index (χ1n) is 6.95. The summed E-state index contributed by atoms with van der Waals surface area (Å²) < 4.78 is 6.65. The fraction of sp³-hybridized carbons (Fsp3) is 0.188. The van der Waals surface area contributed by atoms with Gasteiger partial charge >= 0.3 is 0 Å². The van der Waals surface area contributed by atoms with Crippen molar-refractivity contribution in [2.24, 2.45) is 0 Å². The van der Waals surface area contributed by atoms with Gasteiger partial charge in [0.25, 0.3) is 0 Å². The molecule has 1 heterocycles. The molecule has 3 rings (SSSR count). The quantitative estimate of drug-likeness (QED) is 0.612. The van der Waals surface area contributed by atoms with Gasteiger partial charge in [-0.25, -0.2) is 4.98 Å². The molecule has 1 atom stereocenters. The first-order chi connectivity index (χ1) is 11.1. The Morgan fingerprint density at radius 2 is 2.09 bits per heavy atom. The lowest BCUT2D eigenvalue weighted by Crippen LogP contribution is -2.22. The minimum absolute atomic E-state index is 0.254. The van der Waals surface area contributed by atoms with Gasteiger partial charge in [-0.2, -0.15) is 0 Å². The summed E-state index contributed by atoms with van der Waals surface area (Å²) in [7, 11) is 0. The third-order valence-corrected chi connectivity index (χ3v) is 4.12. The summed E-state index contributed by atoms with van der Waals surface area (Å²) in [6.45, 7) is -0.0328. The second kappa shape index (κ2) is 6.88. The number of benzene rings is 2. The molecule has 0 aliphatic carbocycles. The molecule has 120 valence electrons. The molecule has 1 unspecified atom stereocenters. The van der Waals surface area contributed by atoms with E-state index in [1.54, 1.807) is 12.1 Å². The van der Waals surface area contributed by atoms with Crippen molar-refractivity contribution in [3.63, 3.8) is 0 Å². The van der Waals surface area contributed by atoms with E-state index in [1.807, 2.05) is 24.3 Å². The minimum Gasteiger partial charge on any atom is -0.436 e. The van der Waals surface area contributed by atoms with Crippen molar-refractivity contribution in [3.05, 3.63) is 45.9 Å². The van der Waals surface area contributed by atoms with Crippen LogP contribution in [0.5, 0.6) is 0 Å². The van der Waals surface area contributed by atoms with Gasteiger partial charge in [0.15, 0.2) is 5.58 Å². The molecule has 0 spiro atoms. The molecular formula is C16H14BrClN2O3. The molecule has 0 bridgehead atoms. The van der Waals surface area contributed by atoms with Crippen molar-refractivity contribution in [2.45, 2.75) is 6.10 Å². The van der Waals surface area contributed by atoms with Gasteiger partial charge in [-0.15, -0.1) is 0 Å². The van der Waals surface area contributed by atoms with E-state index in [0.717, 1.165) is 10.2 Å². The van der Waals surface area contributed by atoms with Crippen LogP contribution in [0.2, 0.25) is 5.02 Å². The molecule has 0 fully saturated rings. The Morgan fingerprint density at radius 3 is 2.87 bits per heavy atom. The van der Waals surface area contributed by atoms with E-state index >= 15 is 0 Å². The SMILES string of the molecule is OCC(O)CNc1ccc2oc(-c3cc(Br)ccc3Cl)nc2c1. The summed E-state index contributed by atoms with van der Waals surface area (Å²) in [5.41, 5.74) is 2.82. The Hall–Kier alpha value is -1.60. The number of halogens is 2. The summed E-state index contributed by atoms with van der Waals surface area (Å²) in [6, 6.07) is 10.9. The van der Waals surface area contributed by atoms with Crippen LogP contribution >= 0.6 is 27.5 Å². The number of nitrogens with one attached hydrogen (secondary N) is 1. The number of fused-ring (bicyclic) bond motifs is 1. The van der Waals surface area contributed by atoms with E-state index in [2.05, 4.69) is 26.2 Å². The molecule has 1 aromatic heterocycles. The fourth-order valence-corrected chi connectivity index (χ4v) is 2.67. The van der Waals surface area contributed by atoms with Crippen molar-refractivity contribution in [3.8, 4) is 11.5 Å². The largest absolute Gasteiger partial charge is 0.436 e. The molecule has 0 aliphatic rings. The van der Waals surface area contributed by atoms with Crippen molar-refractivity contribution >= 4 is 44.3 Å². The van der Waals surface area contributed by atoms with Crippen LogP contribution in [0.4, 0.5) is 5.69 Å². The maximum absolute atomic E-state index is 9.38. The smallest absolute Gasteiger partial charge is 0.228 e. The average Bonchev–Trinajstić information content (AvgIpc) is 2.97. The van der Waals surface area contributed by atoms with Crippen molar-refractivity contribution < 1.29 is 14.6 Å². The summed E-state index contributed by atoms with van der Waals surface area (Å²) >= 11 is 9.61. The van der Waals surface area contributed by atoms with Gasteiger partial charge in [-0.05, 0) is 36.4 Å². The number of aliphatic hydroxyl groups excluding tert-OH is 2. The Morgan fingerprint density at radius 1 is 1.26 bits per heavy atom. The van der Waals surface area contributed by atoms with Crippen molar-refractivity contribution in [1.82, 2.24) is 4.98 Å². The lowest BCUT2D eigenvalue weighted by atomic mass is 10.2. The molecule has 23 heavy (non-hydrogen) atoms. The van der Waals surface area contributed by atoms with Crippen LogP contribution in [0, 0.1) is 0 Å². The van der Waals surface area contributed by atoms with Gasteiger partial charge in [-0.1, -0.05) is 27.5 Å². The van der Waals surface area contributed by atoms with Gasteiger partial charge in [0, 0.05) is 16.7 Å². The molecule has 3 aromatic rings. The van der Waals surface area contributed by atoms with Crippen LogP contribution in [-0.4, -0.2) is 34.5 Å². The fourth-order valence-electron chi connectivity index (χ4n) is 2.11. The standard InChI is InChI=1S/C16H14BrClN2O3/c17-9-1-3-13(18)12(5-9)16-20-14-6-10(2-4-15(14)23-16)19-7-11(22)8-21/h1-6,11,19,21-22H,7-8H2. The van der Waals surface area contributed by atoms with Gasteiger partial charge in [0.1, 0.15) is 5.52 Å². The second-order valence-corrected chi connectivity index (χ2v) is 6.37. The lowest BCUT2D eigenvalue weighted by molar-refractivity contribution is 0.105. The van der Waals surface area contributed by atoms with Crippen LogP contribution in [-0.2, 0) is 0 Å². The van der Waals surface area contributed by atoms with E-state index in [0.29, 0.717) is 27.6 Å². The summed E-state index contributed by atoms with van der Waals surface area (Å²) in [5, 5.41) is 21.8. The van der Waals surface area contributed by atoms with Crippen LogP contribution in [0.1, 0.15) is 0 Å². The Balaban J connectivity index is 1.91. The molecule has 0 aliphatic heterocycles.